The number of carbonyl (C=O) groups excluding carboxylic acids is 1. The third-order valence-electron chi connectivity index (χ3n) is 4.23. The van der Waals surface area contributed by atoms with E-state index in [2.05, 4.69) is 26.5 Å². The molecule has 0 aliphatic carbocycles. The topological polar surface area (TPSA) is 59.9 Å². The molecule has 0 heterocycles. The summed E-state index contributed by atoms with van der Waals surface area (Å²) in [4.78, 5) is 12.0. The largest absolute Gasteiger partial charge is 0.489 e. The number of nitrogens with one attached hydrogen (secondary N) is 1. The lowest BCUT2D eigenvalue weighted by Crippen LogP contribution is -2.24. The van der Waals surface area contributed by atoms with Crippen LogP contribution in [0.1, 0.15) is 22.3 Å². The normalized spacial score (nSPS) is 10.8. The quantitative estimate of drug-likeness (QED) is 0.367. The SMILES string of the molecule is Cc1cc(C)c(OCC(=O)NN=Cc2cccc(OCc3ccccc3)c2)c(Br)c1. The highest BCUT2D eigenvalue weighted by Crippen LogP contribution is 2.30. The van der Waals surface area contributed by atoms with E-state index < -0.39 is 0 Å². The fraction of sp³-hybridized carbons (Fsp3) is 0.167. The van der Waals surface area contributed by atoms with Crippen molar-refractivity contribution in [3.05, 3.63) is 93.5 Å². The van der Waals surface area contributed by atoms with Gasteiger partial charge in [-0.3, -0.25) is 4.79 Å². The summed E-state index contributed by atoms with van der Waals surface area (Å²) in [5.74, 6) is 1.05. The molecule has 6 heteroatoms. The Labute approximate surface area is 184 Å². The van der Waals surface area contributed by atoms with Crippen molar-refractivity contribution in [2.75, 3.05) is 6.61 Å². The molecule has 0 spiro atoms. The van der Waals surface area contributed by atoms with Crippen LogP contribution in [-0.4, -0.2) is 18.7 Å². The smallest absolute Gasteiger partial charge is 0.277 e. The van der Waals surface area contributed by atoms with Gasteiger partial charge in [-0.05, 0) is 70.2 Å². The van der Waals surface area contributed by atoms with Gasteiger partial charge in [0.05, 0.1) is 10.7 Å². The number of aryl methyl sites for hydroxylation is 2. The molecule has 0 atom stereocenters. The van der Waals surface area contributed by atoms with Gasteiger partial charge < -0.3 is 9.47 Å². The fourth-order valence-electron chi connectivity index (χ4n) is 2.86. The van der Waals surface area contributed by atoms with E-state index in [1.807, 2.05) is 80.6 Å². The van der Waals surface area contributed by atoms with Crippen molar-refractivity contribution in [2.45, 2.75) is 20.5 Å². The molecular formula is C24H23BrN2O3. The van der Waals surface area contributed by atoms with Crippen molar-refractivity contribution in [1.29, 1.82) is 0 Å². The van der Waals surface area contributed by atoms with E-state index in [0.717, 1.165) is 32.5 Å². The Bertz CT molecular complexity index is 1010. The van der Waals surface area contributed by atoms with E-state index in [1.54, 1.807) is 6.21 Å². The molecule has 1 amide bonds. The van der Waals surface area contributed by atoms with Crippen LogP contribution in [0.4, 0.5) is 0 Å². The molecule has 5 nitrogen and oxygen atoms in total. The predicted octanol–water partition coefficient (Wildman–Crippen LogP) is 5.17. The second kappa shape index (κ2) is 10.6. The Morgan fingerprint density at radius 3 is 2.60 bits per heavy atom. The lowest BCUT2D eigenvalue weighted by molar-refractivity contribution is -0.123. The van der Waals surface area contributed by atoms with Crippen molar-refractivity contribution in [1.82, 2.24) is 5.43 Å². The molecule has 0 unspecified atom stereocenters. The number of ether oxygens (including phenoxy) is 2. The van der Waals surface area contributed by atoms with Gasteiger partial charge in [-0.25, -0.2) is 5.43 Å². The van der Waals surface area contributed by atoms with Gasteiger partial charge in [-0.1, -0.05) is 48.5 Å². The van der Waals surface area contributed by atoms with Crippen molar-refractivity contribution >= 4 is 28.1 Å². The molecule has 0 aliphatic rings. The van der Waals surface area contributed by atoms with Crippen LogP contribution in [0, 0.1) is 13.8 Å². The summed E-state index contributed by atoms with van der Waals surface area (Å²) in [6.07, 6.45) is 1.57. The van der Waals surface area contributed by atoms with Crippen molar-refractivity contribution in [3.63, 3.8) is 0 Å². The maximum Gasteiger partial charge on any atom is 0.277 e. The molecule has 0 aliphatic heterocycles. The van der Waals surface area contributed by atoms with E-state index in [9.17, 15) is 4.79 Å². The summed E-state index contributed by atoms with van der Waals surface area (Å²) >= 11 is 3.47. The maximum absolute atomic E-state index is 12.0. The number of hydrazone groups is 1. The molecule has 0 radical (unpaired) electrons. The number of amides is 1. The van der Waals surface area contributed by atoms with Gasteiger partial charge in [0, 0.05) is 0 Å². The van der Waals surface area contributed by atoms with E-state index in [0.29, 0.717) is 12.4 Å². The second-order valence-corrected chi connectivity index (χ2v) is 7.68. The molecule has 3 rings (SSSR count). The summed E-state index contributed by atoms with van der Waals surface area (Å²) < 4.78 is 12.3. The van der Waals surface area contributed by atoms with Crippen molar-refractivity contribution < 1.29 is 14.3 Å². The number of carbonyl (C=O) groups is 1. The first-order valence-electron chi connectivity index (χ1n) is 9.49. The Morgan fingerprint density at radius 2 is 1.83 bits per heavy atom. The third-order valence-corrected chi connectivity index (χ3v) is 4.82. The van der Waals surface area contributed by atoms with Crippen LogP contribution in [0.25, 0.3) is 0 Å². The molecule has 154 valence electrons. The first-order valence-corrected chi connectivity index (χ1v) is 10.3. The molecule has 1 N–H and O–H groups in total. The Hall–Kier alpha value is -3.12. The summed E-state index contributed by atoms with van der Waals surface area (Å²) in [6, 6.07) is 21.4. The highest BCUT2D eigenvalue weighted by Gasteiger charge is 2.09. The highest BCUT2D eigenvalue weighted by atomic mass is 79.9. The van der Waals surface area contributed by atoms with E-state index in [1.165, 1.54) is 0 Å². The minimum atomic E-state index is -0.338. The van der Waals surface area contributed by atoms with Gasteiger partial charge in [0.1, 0.15) is 18.1 Å². The molecule has 0 bridgehead atoms. The number of nitrogens with zero attached hydrogens (tertiary/aromatic N) is 1. The van der Waals surface area contributed by atoms with Crippen molar-refractivity contribution in [3.8, 4) is 11.5 Å². The van der Waals surface area contributed by atoms with E-state index in [4.69, 9.17) is 9.47 Å². The highest BCUT2D eigenvalue weighted by molar-refractivity contribution is 9.10. The molecule has 3 aromatic carbocycles. The summed E-state index contributed by atoms with van der Waals surface area (Å²) in [5.41, 5.74) is 6.48. The zero-order valence-corrected chi connectivity index (χ0v) is 18.5. The van der Waals surface area contributed by atoms with Gasteiger partial charge in [0.25, 0.3) is 5.91 Å². The van der Waals surface area contributed by atoms with Crippen LogP contribution in [0.3, 0.4) is 0 Å². The van der Waals surface area contributed by atoms with Gasteiger partial charge in [-0.15, -0.1) is 0 Å². The van der Waals surface area contributed by atoms with Gasteiger partial charge in [-0.2, -0.15) is 5.10 Å². The summed E-state index contributed by atoms with van der Waals surface area (Å²) in [7, 11) is 0. The monoisotopic (exact) mass is 466 g/mol. The fourth-order valence-corrected chi connectivity index (χ4v) is 3.65. The second-order valence-electron chi connectivity index (χ2n) is 6.82. The lowest BCUT2D eigenvalue weighted by atomic mass is 10.1. The first-order chi connectivity index (χ1) is 14.5. The average Bonchev–Trinajstić information content (AvgIpc) is 2.72. The Balaban J connectivity index is 1.49. The molecule has 0 aromatic heterocycles. The average molecular weight is 467 g/mol. The minimum absolute atomic E-state index is 0.125. The molecule has 0 saturated heterocycles. The standard InChI is InChI=1S/C24H23BrN2O3/c1-17-11-18(2)24(22(25)12-17)30-16-23(28)27-26-14-20-9-6-10-21(13-20)29-15-19-7-4-3-5-8-19/h3-14H,15-16H2,1-2H3,(H,27,28). The van der Waals surface area contributed by atoms with Gasteiger partial charge >= 0.3 is 0 Å². The molecular weight excluding hydrogens is 444 g/mol. The zero-order valence-electron chi connectivity index (χ0n) is 16.9. The van der Waals surface area contributed by atoms with Gasteiger partial charge in [0.2, 0.25) is 0 Å². The molecule has 0 saturated carbocycles. The number of benzene rings is 3. The predicted molar refractivity (Wildman–Crippen MR) is 122 cm³/mol. The van der Waals surface area contributed by atoms with E-state index in [-0.39, 0.29) is 12.5 Å². The Morgan fingerprint density at radius 1 is 1.03 bits per heavy atom. The minimum Gasteiger partial charge on any atom is -0.489 e. The lowest BCUT2D eigenvalue weighted by Gasteiger charge is -2.11. The summed E-state index contributed by atoms with van der Waals surface area (Å²) in [5, 5.41) is 4.00. The maximum atomic E-state index is 12.0. The number of hydrogen-bond acceptors (Lipinski definition) is 4. The van der Waals surface area contributed by atoms with Crippen LogP contribution >= 0.6 is 15.9 Å². The van der Waals surface area contributed by atoms with Crippen LogP contribution in [-0.2, 0) is 11.4 Å². The first kappa shape index (κ1) is 21.6. The molecule has 30 heavy (non-hydrogen) atoms. The van der Waals surface area contributed by atoms with Crippen LogP contribution in [0.15, 0.2) is 76.3 Å². The number of halogens is 1. The molecule has 3 aromatic rings. The molecule has 0 fully saturated rings. The van der Waals surface area contributed by atoms with Crippen molar-refractivity contribution in [2.24, 2.45) is 5.10 Å². The number of hydrogen-bond donors (Lipinski definition) is 1. The van der Waals surface area contributed by atoms with Crippen LogP contribution in [0.2, 0.25) is 0 Å². The Kier molecular flexibility index (Phi) is 7.63. The van der Waals surface area contributed by atoms with Crippen LogP contribution in [0.5, 0.6) is 11.5 Å². The van der Waals surface area contributed by atoms with Gasteiger partial charge in [0.15, 0.2) is 6.61 Å². The summed E-state index contributed by atoms with van der Waals surface area (Å²) in [6.45, 7) is 4.31. The number of rotatable bonds is 8. The van der Waals surface area contributed by atoms with Crippen LogP contribution < -0.4 is 14.9 Å². The zero-order chi connectivity index (χ0) is 21.3. The van der Waals surface area contributed by atoms with E-state index >= 15 is 0 Å². The third kappa shape index (κ3) is 6.46.